The highest BCUT2D eigenvalue weighted by Crippen LogP contribution is 2.31. The van der Waals surface area contributed by atoms with Crippen LogP contribution in [0.2, 0.25) is 0 Å². The minimum Gasteiger partial charge on any atom is -0.360 e. The smallest absolute Gasteiger partial charge is 0.253 e. The largest absolute Gasteiger partial charge is 0.360 e. The Kier molecular flexibility index (Phi) is 3.92. The second-order valence-electron chi connectivity index (χ2n) is 5.44. The van der Waals surface area contributed by atoms with Gasteiger partial charge in [0.05, 0.1) is 22.7 Å². The molecule has 2 N–H and O–H groups in total. The van der Waals surface area contributed by atoms with Crippen molar-refractivity contribution in [3.05, 3.63) is 64.1 Å². The van der Waals surface area contributed by atoms with Crippen LogP contribution >= 0.6 is 22.7 Å². The molecule has 0 bridgehead atoms. The second kappa shape index (κ2) is 6.22. The Morgan fingerprint density at radius 3 is 2.96 bits per heavy atom. The first-order valence-electron chi connectivity index (χ1n) is 7.57. The maximum Gasteiger partial charge on any atom is 0.253 e. The number of hydrogen-bond acceptors (Lipinski definition) is 4. The summed E-state index contributed by atoms with van der Waals surface area (Å²) in [5, 5.41) is 7.01. The molecule has 0 atom stereocenters. The number of benzene rings is 1. The molecule has 24 heavy (non-hydrogen) atoms. The van der Waals surface area contributed by atoms with Crippen LogP contribution in [0.3, 0.4) is 0 Å². The second-order valence-corrected chi connectivity index (χ2v) is 7.47. The minimum atomic E-state index is -0.0714. The number of carbonyl (C=O) groups is 1. The Labute approximate surface area is 147 Å². The van der Waals surface area contributed by atoms with Gasteiger partial charge in [0.15, 0.2) is 0 Å². The van der Waals surface area contributed by atoms with Crippen molar-refractivity contribution in [2.75, 3.05) is 0 Å². The van der Waals surface area contributed by atoms with Crippen molar-refractivity contribution in [2.24, 2.45) is 0 Å². The van der Waals surface area contributed by atoms with Crippen LogP contribution < -0.4 is 5.32 Å². The summed E-state index contributed by atoms with van der Waals surface area (Å²) in [6, 6.07) is 11.9. The summed E-state index contributed by atoms with van der Waals surface area (Å²) in [5.41, 5.74) is 2.62. The summed E-state index contributed by atoms with van der Waals surface area (Å²) in [7, 11) is 0. The van der Waals surface area contributed by atoms with Crippen molar-refractivity contribution in [3.8, 4) is 9.88 Å². The Morgan fingerprint density at radius 1 is 1.25 bits per heavy atom. The fourth-order valence-corrected chi connectivity index (χ4v) is 4.41. The first-order valence-corrected chi connectivity index (χ1v) is 9.26. The monoisotopic (exact) mass is 353 g/mol. The molecule has 120 valence electrons. The summed E-state index contributed by atoms with van der Waals surface area (Å²) in [6.45, 7) is 2.48. The van der Waals surface area contributed by atoms with E-state index < -0.39 is 0 Å². The number of amides is 1. The van der Waals surface area contributed by atoms with Crippen molar-refractivity contribution in [1.29, 1.82) is 0 Å². The van der Waals surface area contributed by atoms with Crippen molar-refractivity contribution >= 4 is 39.5 Å². The molecule has 0 aliphatic carbocycles. The normalized spacial score (nSPS) is 11.0. The molecule has 4 nitrogen and oxygen atoms in total. The molecule has 4 rings (SSSR count). The molecule has 0 fully saturated rings. The SMILES string of the molecule is Cc1nc(-c2cccs2)sc1CNC(=O)c1c[nH]c2ccccc12. The van der Waals surface area contributed by atoms with Gasteiger partial charge in [-0.3, -0.25) is 4.79 Å². The number of nitrogens with one attached hydrogen (secondary N) is 2. The van der Waals surface area contributed by atoms with Crippen LogP contribution in [0.4, 0.5) is 0 Å². The lowest BCUT2D eigenvalue weighted by Crippen LogP contribution is -2.22. The molecule has 1 aromatic carbocycles. The number of fused-ring (bicyclic) bond motifs is 1. The third-order valence-corrected chi connectivity index (χ3v) is 6.06. The number of aromatic amines is 1. The van der Waals surface area contributed by atoms with Gasteiger partial charge in [-0.05, 0) is 24.4 Å². The number of hydrogen-bond donors (Lipinski definition) is 2. The fourth-order valence-electron chi connectivity index (χ4n) is 2.61. The summed E-state index contributed by atoms with van der Waals surface area (Å²) in [6.07, 6.45) is 1.76. The molecule has 3 heterocycles. The van der Waals surface area contributed by atoms with Crippen LogP contribution in [0.25, 0.3) is 20.8 Å². The van der Waals surface area contributed by atoms with E-state index in [-0.39, 0.29) is 5.91 Å². The van der Waals surface area contributed by atoms with E-state index in [0.717, 1.165) is 31.4 Å². The summed E-state index contributed by atoms with van der Waals surface area (Å²) in [4.78, 5) is 22.5. The third-order valence-electron chi connectivity index (χ3n) is 3.87. The fraction of sp³-hybridized carbons (Fsp3) is 0.111. The number of rotatable bonds is 4. The number of aromatic nitrogens is 2. The van der Waals surface area contributed by atoms with Crippen molar-refractivity contribution in [1.82, 2.24) is 15.3 Å². The molecule has 0 unspecified atom stereocenters. The minimum absolute atomic E-state index is 0.0714. The molecule has 4 aromatic rings. The van der Waals surface area contributed by atoms with Gasteiger partial charge >= 0.3 is 0 Å². The van der Waals surface area contributed by atoms with Gasteiger partial charge < -0.3 is 10.3 Å². The van der Waals surface area contributed by atoms with Crippen molar-refractivity contribution < 1.29 is 4.79 Å². The zero-order valence-corrected chi connectivity index (χ0v) is 14.6. The number of para-hydroxylation sites is 1. The van der Waals surface area contributed by atoms with E-state index in [0.29, 0.717) is 12.1 Å². The number of H-pyrrole nitrogens is 1. The molecule has 0 spiro atoms. The maximum atomic E-state index is 12.5. The Hall–Kier alpha value is -2.44. The number of aryl methyl sites for hydroxylation is 1. The Morgan fingerprint density at radius 2 is 2.12 bits per heavy atom. The quantitative estimate of drug-likeness (QED) is 0.564. The Balaban J connectivity index is 1.52. The maximum absolute atomic E-state index is 12.5. The number of carbonyl (C=O) groups excluding carboxylic acids is 1. The van der Waals surface area contributed by atoms with Gasteiger partial charge in [-0.1, -0.05) is 24.3 Å². The highest BCUT2D eigenvalue weighted by atomic mass is 32.1. The zero-order chi connectivity index (χ0) is 16.5. The molecular formula is C18H15N3OS2. The van der Waals surface area contributed by atoms with E-state index in [2.05, 4.69) is 21.4 Å². The van der Waals surface area contributed by atoms with Crippen LogP contribution in [0, 0.1) is 6.92 Å². The van der Waals surface area contributed by atoms with Crippen LogP contribution in [0.1, 0.15) is 20.9 Å². The van der Waals surface area contributed by atoms with E-state index in [1.165, 1.54) is 0 Å². The lowest BCUT2D eigenvalue weighted by Gasteiger charge is -2.03. The van der Waals surface area contributed by atoms with Gasteiger partial charge in [0.2, 0.25) is 0 Å². The molecule has 0 radical (unpaired) electrons. The lowest BCUT2D eigenvalue weighted by atomic mass is 10.1. The van der Waals surface area contributed by atoms with Crippen LogP contribution in [-0.2, 0) is 6.54 Å². The third kappa shape index (κ3) is 2.74. The molecule has 0 aliphatic rings. The standard InChI is InChI=1S/C18H15N3OS2/c1-11-16(24-18(21-11)15-7-4-8-23-15)10-20-17(22)13-9-19-14-6-3-2-5-12(13)14/h2-9,19H,10H2,1H3,(H,20,22). The van der Waals surface area contributed by atoms with E-state index in [9.17, 15) is 4.79 Å². The highest BCUT2D eigenvalue weighted by molar-refractivity contribution is 7.21. The average Bonchev–Trinajstić information content (AvgIpc) is 3.32. The molecule has 1 amide bonds. The summed E-state index contributed by atoms with van der Waals surface area (Å²) < 4.78 is 0. The van der Waals surface area contributed by atoms with Crippen LogP contribution in [0.5, 0.6) is 0 Å². The number of thiazole rings is 1. The first-order chi connectivity index (χ1) is 11.7. The van der Waals surface area contributed by atoms with Gasteiger partial charge in [0, 0.05) is 22.0 Å². The summed E-state index contributed by atoms with van der Waals surface area (Å²) in [5.74, 6) is -0.0714. The van der Waals surface area contributed by atoms with Crippen molar-refractivity contribution in [2.45, 2.75) is 13.5 Å². The first kappa shape index (κ1) is 15.1. The molecule has 0 saturated carbocycles. The van der Waals surface area contributed by atoms with E-state index in [4.69, 9.17) is 0 Å². The van der Waals surface area contributed by atoms with Gasteiger partial charge in [-0.2, -0.15) is 0 Å². The molecular weight excluding hydrogens is 338 g/mol. The van der Waals surface area contributed by atoms with Gasteiger partial charge in [-0.25, -0.2) is 4.98 Å². The molecule has 0 aliphatic heterocycles. The summed E-state index contributed by atoms with van der Waals surface area (Å²) >= 11 is 3.32. The van der Waals surface area contributed by atoms with E-state index in [1.807, 2.05) is 42.6 Å². The van der Waals surface area contributed by atoms with E-state index >= 15 is 0 Å². The van der Waals surface area contributed by atoms with Gasteiger partial charge in [0.1, 0.15) is 5.01 Å². The van der Waals surface area contributed by atoms with Gasteiger partial charge in [-0.15, -0.1) is 22.7 Å². The van der Waals surface area contributed by atoms with Crippen molar-refractivity contribution in [3.63, 3.8) is 0 Å². The van der Waals surface area contributed by atoms with E-state index in [1.54, 1.807) is 28.9 Å². The van der Waals surface area contributed by atoms with Crippen LogP contribution in [0.15, 0.2) is 48.0 Å². The topological polar surface area (TPSA) is 57.8 Å². The predicted molar refractivity (Wildman–Crippen MR) is 99.6 cm³/mol. The molecule has 0 saturated heterocycles. The Bertz CT molecular complexity index is 999. The number of nitrogens with zero attached hydrogens (tertiary/aromatic N) is 1. The lowest BCUT2D eigenvalue weighted by molar-refractivity contribution is 0.0953. The average molecular weight is 353 g/mol. The van der Waals surface area contributed by atoms with Crippen LogP contribution in [-0.4, -0.2) is 15.9 Å². The number of thiophene rings is 1. The van der Waals surface area contributed by atoms with Gasteiger partial charge in [0.25, 0.3) is 5.91 Å². The zero-order valence-electron chi connectivity index (χ0n) is 13.0. The molecule has 6 heteroatoms. The molecule has 3 aromatic heterocycles. The highest BCUT2D eigenvalue weighted by Gasteiger charge is 2.14. The predicted octanol–water partition coefficient (Wildman–Crippen LogP) is 4.59.